The van der Waals surface area contributed by atoms with Crippen LogP contribution in [0.1, 0.15) is 43.4 Å². The van der Waals surface area contributed by atoms with E-state index in [-0.39, 0.29) is 5.91 Å². The van der Waals surface area contributed by atoms with Crippen molar-refractivity contribution in [1.29, 1.82) is 0 Å². The number of amides is 1. The summed E-state index contributed by atoms with van der Waals surface area (Å²) in [6, 6.07) is 3.56. The van der Waals surface area contributed by atoms with Crippen molar-refractivity contribution in [3.8, 4) is 0 Å². The molecule has 0 unspecified atom stereocenters. The molecule has 0 atom stereocenters. The van der Waals surface area contributed by atoms with Crippen molar-refractivity contribution in [2.45, 2.75) is 43.9 Å². The summed E-state index contributed by atoms with van der Waals surface area (Å²) < 4.78 is 27.9. The number of aryl methyl sites for hydroxylation is 1. The lowest BCUT2D eigenvalue weighted by molar-refractivity contribution is -0.121. The molecule has 1 aromatic carbocycles. The molecule has 0 saturated heterocycles. The Morgan fingerprint density at radius 2 is 2.00 bits per heavy atom. The minimum atomic E-state index is -0.519. The van der Waals surface area contributed by atoms with Gasteiger partial charge in [-0.15, -0.1) is 0 Å². The standard InChI is InChI=1S/C19H21F2N3O/c20-14-3-5-17(21)16(11-14)19(7-1-2-8-19)13-24-18(25)6-4-15-12-22-9-10-23-15/h3,5,9-12H,1-2,4,6-8,13H2,(H,24,25). The van der Waals surface area contributed by atoms with Gasteiger partial charge in [0.1, 0.15) is 11.6 Å². The van der Waals surface area contributed by atoms with Gasteiger partial charge in [-0.2, -0.15) is 0 Å². The van der Waals surface area contributed by atoms with Crippen LogP contribution in [0.2, 0.25) is 0 Å². The Bertz CT molecular complexity index is 731. The lowest BCUT2D eigenvalue weighted by Gasteiger charge is -2.30. The van der Waals surface area contributed by atoms with E-state index in [4.69, 9.17) is 0 Å². The zero-order valence-corrected chi connectivity index (χ0v) is 14.0. The summed E-state index contributed by atoms with van der Waals surface area (Å²) in [7, 11) is 0. The van der Waals surface area contributed by atoms with Crippen LogP contribution in [0.3, 0.4) is 0 Å². The quantitative estimate of drug-likeness (QED) is 0.874. The number of carbonyl (C=O) groups is 1. The van der Waals surface area contributed by atoms with E-state index in [2.05, 4.69) is 15.3 Å². The topological polar surface area (TPSA) is 54.9 Å². The molecule has 0 spiro atoms. The van der Waals surface area contributed by atoms with Crippen molar-refractivity contribution < 1.29 is 13.6 Å². The highest BCUT2D eigenvalue weighted by atomic mass is 19.1. The highest BCUT2D eigenvalue weighted by Gasteiger charge is 2.38. The summed E-state index contributed by atoms with van der Waals surface area (Å²) in [6.45, 7) is 0.326. The van der Waals surface area contributed by atoms with Crippen molar-refractivity contribution in [3.63, 3.8) is 0 Å². The molecule has 0 radical (unpaired) electrons. The minimum absolute atomic E-state index is 0.117. The average molecular weight is 345 g/mol. The number of nitrogens with zero attached hydrogens (tertiary/aromatic N) is 2. The summed E-state index contributed by atoms with van der Waals surface area (Å²) in [5.74, 6) is -0.970. The molecule has 1 saturated carbocycles. The molecule has 2 aromatic rings. The summed E-state index contributed by atoms with van der Waals surface area (Å²) >= 11 is 0. The monoisotopic (exact) mass is 345 g/mol. The largest absolute Gasteiger partial charge is 0.355 e. The molecule has 6 heteroatoms. The SMILES string of the molecule is O=C(CCc1cnccn1)NCC1(c2cc(F)ccc2F)CCCC1. The molecule has 1 aliphatic rings. The van der Waals surface area contributed by atoms with Crippen LogP contribution in [0.4, 0.5) is 8.78 Å². The van der Waals surface area contributed by atoms with E-state index in [0.717, 1.165) is 37.4 Å². The molecule has 3 rings (SSSR count). The molecule has 1 aliphatic carbocycles. The van der Waals surface area contributed by atoms with Crippen molar-refractivity contribution >= 4 is 5.91 Å². The average Bonchev–Trinajstić information content (AvgIpc) is 3.11. The van der Waals surface area contributed by atoms with E-state index in [0.29, 0.717) is 24.9 Å². The molecule has 0 bridgehead atoms. The first-order valence-corrected chi connectivity index (χ1v) is 8.56. The van der Waals surface area contributed by atoms with Crippen LogP contribution in [-0.2, 0) is 16.6 Å². The molecule has 25 heavy (non-hydrogen) atoms. The van der Waals surface area contributed by atoms with E-state index < -0.39 is 17.0 Å². The molecular formula is C19H21F2N3O. The van der Waals surface area contributed by atoms with Crippen LogP contribution in [-0.4, -0.2) is 22.4 Å². The highest BCUT2D eigenvalue weighted by Crippen LogP contribution is 2.41. The summed E-state index contributed by atoms with van der Waals surface area (Å²) in [6.07, 6.45) is 9.00. The fraction of sp³-hybridized carbons (Fsp3) is 0.421. The van der Waals surface area contributed by atoms with Crippen molar-refractivity contribution in [2.24, 2.45) is 0 Å². The molecule has 0 aliphatic heterocycles. The second-order valence-electron chi connectivity index (χ2n) is 6.59. The predicted molar refractivity (Wildman–Crippen MR) is 89.9 cm³/mol. The Kier molecular flexibility index (Phi) is 5.36. The van der Waals surface area contributed by atoms with Gasteiger partial charge in [0.15, 0.2) is 0 Å². The number of aromatic nitrogens is 2. The Morgan fingerprint density at radius 3 is 2.72 bits per heavy atom. The van der Waals surface area contributed by atoms with Crippen LogP contribution in [0.25, 0.3) is 0 Å². The molecule has 1 amide bonds. The first-order chi connectivity index (χ1) is 12.1. The van der Waals surface area contributed by atoms with Gasteiger partial charge in [0.05, 0.1) is 5.69 Å². The van der Waals surface area contributed by atoms with Gasteiger partial charge < -0.3 is 5.32 Å². The number of nitrogens with one attached hydrogen (secondary N) is 1. The second-order valence-corrected chi connectivity index (χ2v) is 6.59. The molecule has 1 heterocycles. The van der Waals surface area contributed by atoms with E-state index in [1.54, 1.807) is 18.6 Å². The van der Waals surface area contributed by atoms with Crippen LogP contribution < -0.4 is 5.32 Å². The van der Waals surface area contributed by atoms with Crippen molar-refractivity contribution in [1.82, 2.24) is 15.3 Å². The minimum Gasteiger partial charge on any atom is -0.355 e. The summed E-state index contributed by atoms with van der Waals surface area (Å²) in [5, 5.41) is 2.90. The smallest absolute Gasteiger partial charge is 0.220 e. The fourth-order valence-corrected chi connectivity index (χ4v) is 3.55. The fourth-order valence-electron chi connectivity index (χ4n) is 3.55. The van der Waals surface area contributed by atoms with Gasteiger partial charge in [-0.3, -0.25) is 14.8 Å². The first-order valence-electron chi connectivity index (χ1n) is 8.56. The second kappa shape index (κ2) is 7.68. The number of halogens is 2. The molecule has 1 fully saturated rings. The normalized spacial score (nSPS) is 15.9. The molecule has 4 nitrogen and oxygen atoms in total. The van der Waals surface area contributed by atoms with E-state index in [9.17, 15) is 13.6 Å². The van der Waals surface area contributed by atoms with Crippen molar-refractivity contribution in [3.05, 3.63) is 59.7 Å². The van der Waals surface area contributed by atoms with Gasteiger partial charge in [-0.05, 0) is 43.0 Å². The Balaban J connectivity index is 1.64. The lowest BCUT2D eigenvalue weighted by Crippen LogP contribution is -2.39. The van der Waals surface area contributed by atoms with Crippen LogP contribution in [0.15, 0.2) is 36.8 Å². The summed E-state index contributed by atoms with van der Waals surface area (Å²) in [4.78, 5) is 20.3. The van der Waals surface area contributed by atoms with Gasteiger partial charge >= 0.3 is 0 Å². The zero-order valence-electron chi connectivity index (χ0n) is 14.0. The van der Waals surface area contributed by atoms with Crippen LogP contribution in [0, 0.1) is 11.6 Å². The molecule has 1 aromatic heterocycles. The van der Waals surface area contributed by atoms with E-state index in [1.807, 2.05) is 0 Å². The third kappa shape index (κ3) is 4.18. The molecular weight excluding hydrogens is 324 g/mol. The Hall–Kier alpha value is -2.37. The van der Waals surface area contributed by atoms with Gasteiger partial charge in [0, 0.05) is 37.0 Å². The number of hydrogen-bond donors (Lipinski definition) is 1. The Labute approximate surface area is 145 Å². The number of carbonyl (C=O) groups excluding carboxylic acids is 1. The molecule has 132 valence electrons. The van der Waals surface area contributed by atoms with Gasteiger partial charge in [-0.25, -0.2) is 8.78 Å². The van der Waals surface area contributed by atoms with Crippen LogP contribution >= 0.6 is 0 Å². The predicted octanol–water partition coefficient (Wildman–Crippen LogP) is 3.32. The lowest BCUT2D eigenvalue weighted by atomic mass is 9.78. The third-order valence-corrected chi connectivity index (χ3v) is 4.91. The highest BCUT2D eigenvalue weighted by molar-refractivity contribution is 5.76. The Morgan fingerprint density at radius 1 is 1.20 bits per heavy atom. The maximum absolute atomic E-state index is 14.3. The van der Waals surface area contributed by atoms with Gasteiger partial charge in [-0.1, -0.05) is 12.8 Å². The zero-order chi connectivity index (χ0) is 17.7. The number of hydrogen-bond acceptors (Lipinski definition) is 3. The van der Waals surface area contributed by atoms with E-state index >= 15 is 0 Å². The maximum atomic E-state index is 14.3. The molecule has 1 N–H and O–H groups in total. The van der Waals surface area contributed by atoms with Crippen molar-refractivity contribution in [2.75, 3.05) is 6.54 Å². The number of rotatable bonds is 6. The van der Waals surface area contributed by atoms with Gasteiger partial charge in [0.2, 0.25) is 5.91 Å². The van der Waals surface area contributed by atoms with E-state index in [1.165, 1.54) is 12.1 Å². The third-order valence-electron chi connectivity index (χ3n) is 4.91. The van der Waals surface area contributed by atoms with Crippen LogP contribution in [0.5, 0.6) is 0 Å². The summed E-state index contributed by atoms with van der Waals surface area (Å²) in [5.41, 5.74) is 0.609. The first kappa shape index (κ1) is 17.5. The van der Waals surface area contributed by atoms with Gasteiger partial charge in [0.25, 0.3) is 0 Å². The number of benzene rings is 1. The maximum Gasteiger partial charge on any atom is 0.220 e.